The molecule has 2 rings (SSSR count). The summed E-state index contributed by atoms with van der Waals surface area (Å²) in [5.74, 6) is 0.120. The molecule has 3 N–H and O–H groups in total. The Balaban J connectivity index is 1.97. The van der Waals surface area contributed by atoms with E-state index in [9.17, 15) is 9.59 Å². The van der Waals surface area contributed by atoms with Gasteiger partial charge in [-0.05, 0) is 31.7 Å². The number of aromatic nitrogens is 1. The van der Waals surface area contributed by atoms with E-state index in [1.807, 2.05) is 6.92 Å². The van der Waals surface area contributed by atoms with E-state index < -0.39 is 5.91 Å². The molecule has 0 bridgehead atoms. The van der Waals surface area contributed by atoms with E-state index in [1.54, 1.807) is 12.3 Å². The largest absolute Gasteiger partial charge is 0.371 e. The number of pyridine rings is 1. The predicted octanol–water partition coefficient (Wildman–Crippen LogP) is 1.56. The number of rotatable bonds is 5. The van der Waals surface area contributed by atoms with Crippen LogP contribution in [0.3, 0.4) is 0 Å². The summed E-state index contributed by atoms with van der Waals surface area (Å²) in [6.45, 7) is 7.70. The lowest BCUT2D eigenvalue weighted by Gasteiger charge is -2.34. The number of primary amides is 1. The Morgan fingerprint density at radius 1 is 1.30 bits per heavy atom. The Bertz CT molecular complexity index is 565. The molecule has 0 radical (unpaired) electrons. The van der Waals surface area contributed by atoms with Crippen LogP contribution in [-0.2, 0) is 4.79 Å². The van der Waals surface area contributed by atoms with Crippen molar-refractivity contribution in [1.82, 2.24) is 10.3 Å². The molecule has 0 saturated carbocycles. The second-order valence-electron chi connectivity index (χ2n) is 6.56. The molecule has 1 aromatic heterocycles. The predicted molar refractivity (Wildman–Crippen MR) is 90.1 cm³/mol. The van der Waals surface area contributed by atoms with Crippen LogP contribution in [0, 0.1) is 11.8 Å². The van der Waals surface area contributed by atoms with E-state index in [1.165, 1.54) is 6.20 Å². The molecule has 2 heterocycles. The summed E-state index contributed by atoms with van der Waals surface area (Å²) in [6.07, 6.45) is 4.71. The minimum Gasteiger partial charge on any atom is -0.371 e. The molecule has 6 heteroatoms. The summed E-state index contributed by atoms with van der Waals surface area (Å²) in [5, 5.41) is 3.09. The van der Waals surface area contributed by atoms with Crippen molar-refractivity contribution >= 4 is 17.5 Å². The SMILES string of the molecule is CC(C)C(C)NC(=O)C1CCN(c2ccncc2C(N)=O)CC1. The van der Waals surface area contributed by atoms with E-state index >= 15 is 0 Å². The van der Waals surface area contributed by atoms with Crippen molar-refractivity contribution in [3.8, 4) is 0 Å². The van der Waals surface area contributed by atoms with Crippen LogP contribution >= 0.6 is 0 Å². The third kappa shape index (κ3) is 4.21. The highest BCUT2D eigenvalue weighted by Gasteiger charge is 2.27. The van der Waals surface area contributed by atoms with Crippen molar-refractivity contribution in [2.75, 3.05) is 18.0 Å². The zero-order chi connectivity index (χ0) is 17.0. The molecular weight excluding hydrogens is 292 g/mol. The minimum absolute atomic E-state index is 0.0336. The summed E-state index contributed by atoms with van der Waals surface area (Å²) in [4.78, 5) is 29.9. The van der Waals surface area contributed by atoms with Gasteiger partial charge in [-0.25, -0.2) is 0 Å². The van der Waals surface area contributed by atoms with Crippen LogP contribution in [0.2, 0.25) is 0 Å². The maximum Gasteiger partial charge on any atom is 0.252 e. The van der Waals surface area contributed by atoms with E-state index in [0.29, 0.717) is 11.5 Å². The smallest absolute Gasteiger partial charge is 0.252 e. The van der Waals surface area contributed by atoms with Crippen LogP contribution in [0.25, 0.3) is 0 Å². The third-order valence-corrected chi connectivity index (χ3v) is 4.64. The maximum atomic E-state index is 12.3. The van der Waals surface area contributed by atoms with Gasteiger partial charge in [0.15, 0.2) is 0 Å². The average molecular weight is 318 g/mol. The van der Waals surface area contributed by atoms with Crippen LogP contribution in [-0.4, -0.2) is 35.9 Å². The van der Waals surface area contributed by atoms with Gasteiger partial charge in [0, 0.05) is 37.4 Å². The quantitative estimate of drug-likeness (QED) is 0.862. The first-order valence-corrected chi connectivity index (χ1v) is 8.19. The summed E-state index contributed by atoms with van der Waals surface area (Å²) in [7, 11) is 0. The van der Waals surface area contributed by atoms with E-state index in [4.69, 9.17) is 5.73 Å². The van der Waals surface area contributed by atoms with Gasteiger partial charge in [-0.3, -0.25) is 14.6 Å². The molecule has 1 aliphatic heterocycles. The molecule has 1 unspecified atom stereocenters. The van der Waals surface area contributed by atoms with Crippen LogP contribution in [0.15, 0.2) is 18.5 Å². The topological polar surface area (TPSA) is 88.3 Å². The molecule has 1 aromatic rings. The van der Waals surface area contributed by atoms with Gasteiger partial charge < -0.3 is 16.0 Å². The molecule has 1 saturated heterocycles. The number of nitrogens with zero attached hydrogens (tertiary/aromatic N) is 2. The van der Waals surface area contributed by atoms with Crippen molar-refractivity contribution < 1.29 is 9.59 Å². The molecular formula is C17H26N4O2. The van der Waals surface area contributed by atoms with Crippen molar-refractivity contribution in [2.24, 2.45) is 17.6 Å². The summed E-state index contributed by atoms with van der Waals surface area (Å²) >= 11 is 0. The summed E-state index contributed by atoms with van der Waals surface area (Å²) in [6, 6.07) is 1.99. The Morgan fingerprint density at radius 3 is 2.52 bits per heavy atom. The number of carbonyl (C=O) groups excluding carboxylic acids is 2. The van der Waals surface area contributed by atoms with E-state index in [-0.39, 0.29) is 17.9 Å². The van der Waals surface area contributed by atoms with E-state index in [0.717, 1.165) is 31.6 Å². The summed E-state index contributed by atoms with van der Waals surface area (Å²) in [5.41, 5.74) is 6.65. The highest BCUT2D eigenvalue weighted by Crippen LogP contribution is 2.26. The molecule has 1 aliphatic rings. The number of hydrogen-bond acceptors (Lipinski definition) is 4. The molecule has 0 aromatic carbocycles. The van der Waals surface area contributed by atoms with E-state index in [2.05, 4.69) is 29.0 Å². The van der Waals surface area contributed by atoms with Gasteiger partial charge in [0.2, 0.25) is 5.91 Å². The van der Waals surface area contributed by atoms with Gasteiger partial charge in [0.1, 0.15) is 0 Å². The number of nitrogens with two attached hydrogens (primary N) is 1. The lowest BCUT2D eigenvalue weighted by molar-refractivity contribution is -0.126. The fourth-order valence-electron chi connectivity index (χ4n) is 2.74. The maximum absolute atomic E-state index is 12.3. The molecule has 23 heavy (non-hydrogen) atoms. The van der Waals surface area contributed by atoms with Gasteiger partial charge in [-0.1, -0.05) is 13.8 Å². The highest BCUT2D eigenvalue weighted by molar-refractivity contribution is 5.98. The van der Waals surface area contributed by atoms with Crippen molar-refractivity contribution in [3.05, 3.63) is 24.0 Å². The van der Waals surface area contributed by atoms with Crippen molar-refractivity contribution in [2.45, 2.75) is 39.7 Å². The standard InChI is InChI=1S/C17H26N4O2/c1-11(2)12(3)20-17(23)13-5-8-21(9-6-13)15-4-7-19-10-14(15)16(18)22/h4,7,10-13H,5-6,8-9H2,1-3H3,(H2,18,22)(H,20,23). The lowest BCUT2D eigenvalue weighted by atomic mass is 9.94. The monoisotopic (exact) mass is 318 g/mol. The Kier molecular flexibility index (Phi) is 5.58. The number of carbonyl (C=O) groups is 2. The normalized spacial score (nSPS) is 17.1. The van der Waals surface area contributed by atoms with Gasteiger partial charge in [-0.15, -0.1) is 0 Å². The Morgan fingerprint density at radius 2 is 1.96 bits per heavy atom. The van der Waals surface area contributed by atoms with Crippen LogP contribution in [0.4, 0.5) is 5.69 Å². The highest BCUT2D eigenvalue weighted by atomic mass is 16.2. The average Bonchev–Trinajstić information content (AvgIpc) is 2.54. The number of anilines is 1. The molecule has 0 aliphatic carbocycles. The second kappa shape index (κ2) is 7.44. The van der Waals surface area contributed by atoms with Gasteiger partial charge in [0.05, 0.1) is 11.3 Å². The molecule has 2 amide bonds. The first-order valence-electron chi connectivity index (χ1n) is 8.19. The number of piperidine rings is 1. The Hall–Kier alpha value is -2.11. The van der Waals surface area contributed by atoms with Gasteiger partial charge in [0.25, 0.3) is 5.91 Å². The Labute approximate surface area is 137 Å². The molecule has 126 valence electrons. The fraction of sp³-hybridized carbons (Fsp3) is 0.588. The molecule has 1 fully saturated rings. The van der Waals surface area contributed by atoms with Crippen LogP contribution in [0.1, 0.15) is 44.0 Å². The second-order valence-corrected chi connectivity index (χ2v) is 6.56. The van der Waals surface area contributed by atoms with Crippen molar-refractivity contribution in [3.63, 3.8) is 0 Å². The summed E-state index contributed by atoms with van der Waals surface area (Å²) < 4.78 is 0. The zero-order valence-electron chi connectivity index (χ0n) is 14.1. The number of nitrogens with one attached hydrogen (secondary N) is 1. The van der Waals surface area contributed by atoms with Gasteiger partial charge in [-0.2, -0.15) is 0 Å². The number of amides is 2. The number of hydrogen-bond donors (Lipinski definition) is 2. The van der Waals surface area contributed by atoms with Crippen LogP contribution in [0.5, 0.6) is 0 Å². The fourth-order valence-corrected chi connectivity index (χ4v) is 2.74. The molecule has 1 atom stereocenters. The van der Waals surface area contributed by atoms with Crippen molar-refractivity contribution in [1.29, 1.82) is 0 Å². The van der Waals surface area contributed by atoms with Crippen LogP contribution < -0.4 is 16.0 Å². The molecule has 0 spiro atoms. The first kappa shape index (κ1) is 17.2. The lowest BCUT2D eigenvalue weighted by Crippen LogP contribution is -2.44. The third-order valence-electron chi connectivity index (χ3n) is 4.64. The first-order chi connectivity index (χ1) is 10.9. The molecule has 6 nitrogen and oxygen atoms in total. The van der Waals surface area contributed by atoms with Gasteiger partial charge >= 0.3 is 0 Å². The minimum atomic E-state index is -0.473. The zero-order valence-corrected chi connectivity index (χ0v) is 14.1.